The predicted octanol–water partition coefficient (Wildman–Crippen LogP) is 4.38. The molecule has 0 spiro atoms. The fourth-order valence-corrected chi connectivity index (χ4v) is 3.55. The maximum atomic E-state index is 5.74. The molecule has 2 fully saturated rings. The molecule has 33 heavy (non-hydrogen) atoms. The second-order valence-electron chi connectivity index (χ2n) is 9.01. The number of hydrogen-bond acceptors (Lipinski definition) is 5. The molecule has 2 N–H and O–H groups in total. The van der Waals surface area contributed by atoms with Crippen LogP contribution in [-0.2, 0) is 9.47 Å². The van der Waals surface area contributed by atoms with Gasteiger partial charge in [0.15, 0.2) is 5.96 Å². The van der Waals surface area contributed by atoms with Crippen molar-refractivity contribution in [1.82, 2.24) is 10.2 Å². The molecular formula is C25H43IN4O3. The molecule has 8 heteroatoms. The topological polar surface area (TPSA) is 67.3 Å². The third-order valence-electron chi connectivity index (χ3n) is 5.55. The molecular weight excluding hydrogens is 531 g/mol. The zero-order valence-electron chi connectivity index (χ0n) is 20.4. The van der Waals surface area contributed by atoms with E-state index in [-0.39, 0.29) is 30.1 Å². The van der Waals surface area contributed by atoms with Gasteiger partial charge < -0.3 is 24.8 Å². The standard InChI is InChI=1S/C25H42N4O3.HI/c1-21(2)32-24-10-8-23(9-11-24)28-25(27-13-5-17-31-20-22-6-7-22)26-12-3-4-14-29-15-18-30-19-16-29;/h8-11,21-22H,3-7,12-20H2,1-2H3,(H2,26,27,28);1H. The normalized spacial score (nSPS) is 17.0. The van der Waals surface area contributed by atoms with Crippen molar-refractivity contribution in [3.05, 3.63) is 24.3 Å². The Morgan fingerprint density at radius 2 is 1.88 bits per heavy atom. The molecule has 1 aromatic rings. The summed E-state index contributed by atoms with van der Waals surface area (Å²) in [6.07, 6.45) is 6.08. The number of halogens is 1. The number of guanidine groups is 1. The number of aliphatic imine (C=N–C) groups is 1. The van der Waals surface area contributed by atoms with Crippen LogP contribution < -0.4 is 15.4 Å². The average Bonchev–Trinajstić information content (AvgIpc) is 3.62. The first kappa shape index (κ1) is 28.1. The number of rotatable bonds is 14. The van der Waals surface area contributed by atoms with Crippen LogP contribution in [0.2, 0.25) is 0 Å². The molecule has 2 aliphatic rings. The molecule has 188 valence electrons. The molecule has 0 amide bonds. The molecule has 0 unspecified atom stereocenters. The zero-order chi connectivity index (χ0) is 22.4. The molecule has 1 aromatic carbocycles. The van der Waals surface area contributed by atoms with Crippen LogP contribution in [0.15, 0.2) is 29.3 Å². The fourth-order valence-electron chi connectivity index (χ4n) is 3.55. The summed E-state index contributed by atoms with van der Waals surface area (Å²) < 4.78 is 16.9. The summed E-state index contributed by atoms with van der Waals surface area (Å²) in [4.78, 5) is 7.25. The minimum Gasteiger partial charge on any atom is -0.491 e. The Bertz CT molecular complexity index is 662. The van der Waals surface area contributed by atoms with Crippen molar-refractivity contribution >= 4 is 35.6 Å². The number of morpholine rings is 1. The highest BCUT2D eigenvalue weighted by Gasteiger charge is 2.20. The Balaban J connectivity index is 0.00000385. The van der Waals surface area contributed by atoms with Gasteiger partial charge in [-0.1, -0.05) is 0 Å². The van der Waals surface area contributed by atoms with E-state index in [0.717, 1.165) is 95.3 Å². The first-order valence-electron chi connectivity index (χ1n) is 12.4. The van der Waals surface area contributed by atoms with E-state index in [1.807, 2.05) is 38.1 Å². The Morgan fingerprint density at radius 3 is 2.58 bits per heavy atom. The molecule has 0 bridgehead atoms. The van der Waals surface area contributed by atoms with Crippen molar-refractivity contribution in [3.63, 3.8) is 0 Å². The van der Waals surface area contributed by atoms with Crippen molar-refractivity contribution < 1.29 is 14.2 Å². The van der Waals surface area contributed by atoms with E-state index in [4.69, 9.17) is 19.2 Å². The number of unbranched alkanes of at least 4 members (excludes halogenated alkanes) is 1. The van der Waals surface area contributed by atoms with Gasteiger partial charge in [0.2, 0.25) is 0 Å². The maximum absolute atomic E-state index is 5.74. The van der Waals surface area contributed by atoms with E-state index in [2.05, 4.69) is 15.5 Å². The van der Waals surface area contributed by atoms with Gasteiger partial charge in [-0.3, -0.25) is 9.89 Å². The van der Waals surface area contributed by atoms with Gasteiger partial charge in [-0.25, -0.2) is 0 Å². The first-order chi connectivity index (χ1) is 15.7. The number of nitrogens with zero attached hydrogens (tertiary/aromatic N) is 2. The molecule has 3 rings (SSSR count). The monoisotopic (exact) mass is 574 g/mol. The van der Waals surface area contributed by atoms with E-state index in [0.29, 0.717) is 0 Å². The Hall–Kier alpha value is -1.10. The quantitative estimate of drug-likeness (QED) is 0.149. The van der Waals surface area contributed by atoms with Gasteiger partial charge in [0.1, 0.15) is 5.75 Å². The summed E-state index contributed by atoms with van der Waals surface area (Å²) in [5.41, 5.74) is 1.01. The minimum absolute atomic E-state index is 0. The molecule has 1 saturated carbocycles. The maximum Gasteiger partial charge on any atom is 0.195 e. The lowest BCUT2D eigenvalue weighted by Gasteiger charge is -2.26. The number of anilines is 1. The molecule has 7 nitrogen and oxygen atoms in total. The number of benzene rings is 1. The second-order valence-corrected chi connectivity index (χ2v) is 9.01. The first-order valence-corrected chi connectivity index (χ1v) is 12.4. The highest BCUT2D eigenvalue weighted by Crippen LogP contribution is 2.28. The summed E-state index contributed by atoms with van der Waals surface area (Å²) in [6, 6.07) is 8.06. The van der Waals surface area contributed by atoms with Crippen molar-refractivity contribution in [2.45, 2.75) is 52.1 Å². The SMILES string of the molecule is CC(C)Oc1ccc(NC(=NCCCOCC2CC2)NCCCCN2CCOCC2)cc1.I. The third-order valence-corrected chi connectivity index (χ3v) is 5.55. The summed E-state index contributed by atoms with van der Waals surface area (Å²) in [6.45, 7) is 12.4. The minimum atomic E-state index is 0. The van der Waals surface area contributed by atoms with E-state index in [1.165, 1.54) is 19.3 Å². The van der Waals surface area contributed by atoms with Crippen LogP contribution in [-0.4, -0.2) is 76.1 Å². The van der Waals surface area contributed by atoms with Crippen LogP contribution >= 0.6 is 24.0 Å². The second kappa shape index (κ2) is 16.5. The molecule has 1 aliphatic carbocycles. The molecule has 1 heterocycles. The summed E-state index contributed by atoms with van der Waals surface area (Å²) in [5, 5.41) is 6.93. The smallest absolute Gasteiger partial charge is 0.195 e. The van der Waals surface area contributed by atoms with Crippen molar-refractivity contribution in [3.8, 4) is 5.75 Å². The van der Waals surface area contributed by atoms with E-state index >= 15 is 0 Å². The Morgan fingerprint density at radius 1 is 1.12 bits per heavy atom. The van der Waals surface area contributed by atoms with Gasteiger partial charge in [0, 0.05) is 45.1 Å². The summed E-state index contributed by atoms with van der Waals surface area (Å²) >= 11 is 0. The van der Waals surface area contributed by atoms with Gasteiger partial charge >= 0.3 is 0 Å². The Kier molecular flexibility index (Phi) is 14.1. The largest absolute Gasteiger partial charge is 0.491 e. The summed E-state index contributed by atoms with van der Waals surface area (Å²) in [7, 11) is 0. The van der Waals surface area contributed by atoms with Crippen LogP contribution in [0, 0.1) is 5.92 Å². The number of nitrogens with one attached hydrogen (secondary N) is 2. The van der Waals surface area contributed by atoms with Crippen LogP contribution in [0.4, 0.5) is 5.69 Å². The van der Waals surface area contributed by atoms with Crippen molar-refractivity contribution in [2.24, 2.45) is 10.9 Å². The van der Waals surface area contributed by atoms with E-state index < -0.39 is 0 Å². The van der Waals surface area contributed by atoms with Gasteiger partial charge in [0.05, 0.1) is 19.3 Å². The predicted molar refractivity (Wildman–Crippen MR) is 146 cm³/mol. The number of ether oxygens (including phenoxy) is 3. The van der Waals surface area contributed by atoms with Gasteiger partial charge in [-0.15, -0.1) is 24.0 Å². The van der Waals surface area contributed by atoms with Crippen LogP contribution in [0.3, 0.4) is 0 Å². The lowest BCUT2D eigenvalue weighted by atomic mass is 10.2. The fraction of sp³-hybridized carbons (Fsp3) is 0.720. The summed E-state index contributed by atoms with van der Waals surface area (Å²) in [5.74, 6) is 2.53. The average molecular weight is 575 g/mol. The number of hydrogen-bond donors (Lipinski definition) is 2. The molecule has 0 aromatic heterocycles. The van der Waals surface area contributed by atoms with Gasteiger partial charge in [0.25, 0.3) is 0 Å². The zero-order valence-corrected chi connectivity index (χ0v) is 22.7. The van der Waals surface area contributed by atoms with E-state index in [9.17, 15) is 0 Å². The third kappa shape index (κ3) is 12.8. The lowest BCUT2D eigenvalue weighted by molar-refractivity contribution is 0.0372. The van der Waals surface area contributed by atoms with Crippen molar-refractivity contribution in [2.75, 3.05) is 64.5 Å². The van der Waals surface area contributed by atoms with E-state index in [1.54, 1.807) is 0 Å². The Labute approximate surface area is 217 Å². The highest BCUT2D eigenvalue weighted by molar-refractivity contribution is 14.0. The van der Waals surface area contributed by atoms with Crippen molar-refractivity contribution in [1.29, 1.82) is 0 Å². The molecule has 1 saturated heterocycles. The van der Waals surface area contributed by atoms with Crippen LogP contribution in [0.25, 0.3) is 0 Å². The molecule has 1 aliphatic heterocycles. The van der Waals surface area contributed by atoms with Gasteiger partial charge in [-0.05, 0) is 82.7 Å². The van der Waals surface area contributed by atoms with Gasteiger partial charge in [-0.2, -0.15) is 0 Å². The molecule has 0 atom stereocenters. The van der Waals surface area contributed by atoms with Crippen LogP contribution in [0.1, 0.15) is 46.0 Å². The highest BCUT2D eigenvalue weighted by atomic mass is 127. The lowest BCUT2D eigenvalue weighted by Crippen LogP contribution is -2.37. The molecule has 0 radical (unpaired) electrons. The van der Waals surface area contributed by atoms with Crippen LogP contribution in [0.5, 0.6) is 5.75 Å².